The molecule has 0 bridgehead atoms. The Morgan fingerprint density at radius 2 is 1.83 bits per heavy atom. The van der Waals surface area contributed by atoms with Crippen LogP contribution in [-0.2, 0) is 6.54 Å². The molecule has 1 saturated heterocycles. The fourth-order valence-corrected chi connectivity index (χ4v) is 3.65. The molecule has 2 aromatic rings. The average Bonchev–Trinajstić information content (AvgIpc) is 2.78. The van der Waals surface area contributed by atoms with Gasteiger partial charge in [0.1, 0.15) is 17.6 Å². The molecule has 0 saturated carbocycles. The van der Waals surface area contributed by atoms with E-state index in [1.54, 1.807) is 7.11 Å². The number of hydrogen-bond donors (Lipinski definition) is 2. The Labute approximate surface area is 180 Å². The molecule has 2 aromatic carbocycles. The summed E-state index contributed by atoms with van der Waals surface area (Å²) in [4.78, 5) is 6.90. The van der Waals surface area contributed by atoms with Gasteiger partial charge in [-0.3, -0.25) is 9.89 Å². The maximum absolute atomic E-state index is 5.98. The summed E-state index contributed by atoms with van der Waals surface area (Å²) in [5.41, 5.74) is 1.38. The van der Waals surface area contributed by atoms with E-state index in [0.29, 0.717) is 12.6 Å². The van der Waals surface area contributed by atoms with Crippen molar-refractivity contribution in [2.24, 2.45) is 4.99 Å². The molecule has 1 atom stereocenters. The van der Waals surface area contributed by atoms with E-state index < -0.39 is 0 Å². The number of nitrogens with one attached hydrogen (secondary N) is 2. The Kier molecular flexibility index (Phi) is 8.39. The number of guanidine groups is 1. The second-order valence-corrected chi connectivity index (χ2v) is 7.74. The Balaban J connectivity index is 1.38. The van der Waals surface area contributed by atoms with Gasteiger partial charge in [0.25, 0.3) is 0 Å². The van der Waals surface area contributed by atoms with Crippen LogP contribution in [0.4, 0.5) is 0 Å². The van der Waals surface area contributed by atoms with Gasteiger partial charge in [-0.15, -0.1) is 0 Å². The summed E-state index contributed by atoms with van der Waals surface area (Å²) in [5.74, 6) is 2.43. The van der Waals surface area contributed by atoms with Crippen LogP contribution in [-0.4, -0.2) is 56.8 Å². The first-order valence-electron chi connectivity index (χ1n) is 10.7. The third-order valence-corrected chi connectivity index (χ3v) is 5.34. The molecule has 1 unspecified atom stereocenters. The van der Waals surface area contributed by atoms with Gasteiger partial charge in [-0.05, 0) is 37.5 Å². The van der Waals surface area contributed by atoms with Crippen molar-refractivity contribution in [3.8, 4) is 11.5 Å². The molecule has 30 heavy (non-hydrogen) atoms. The van der Waals surface area contributed by atoms with Gasteiger partial charge in [-0.25, -0.2) is 0 Å². The summed E-state index contributed by atoms with van der Waals surface area (Å²) in [7, 11) is 3.47. The van der Waals surface area contributed by atoms with Gasteiger partial charge in [0.05, 0.1) is 13.7 Å². The minimum absolute atomic E-state index is 0.00313. The predicted octanol–water partition coefficient (Wildman–Crippen LogP) is 3.29. The van der Waals surface area contributed by atoms with Crippen LogP contribution in [0, 0.1) is 0 Å². The maximum Gasteiger partial charge on any atom is 0.191 e. The molecule has 0 spiro atoms. The number of methoxy groups -OCH3 is 1. The molecule has 1 aliphatic heterocycles. The molecule has 0 aliphatic carbocycles. The van der Waals surface area contributed by atoms with E-state index in [1.165, 1.54) is 5.56 Å². The molecule has 0 radical (unpaired) electrons. The van der Waals surface area contributed by atoms with Crippen LogP contribution in [0.15, 0.2) is 59.6 Å². The molecule has 6 nitrogen and oxygen atoms in total. The molecule has 1 aliphatic rings. The molecule has 1 fully saturated rings. The van der Waals surface area contributed by atoms with Gasteiger partial charge in [-0.2, -0.15) is 0 Å². The topological polar surface area (TPSA) is 58.1 Å². The van der Waals surface area contributed by atoms with Crippen molar-refractivity contribution in [3.63, 3.8) is 0 Å². The van der Waals surface area contributed by atoms with Gasteiger partial charge in [-0.1, -0.05) is 36.4 Å². The van der Waals surface area contributed by atoms with E-state index >= 15 is 0 Å². The van der Waals surface area contributed by atoms with E-state index in [9.17, 15) is 0 Å². The fraction of sp³-hybridized carbons (Fsp3) is 0.458. The number of ether oxygens (including phenoxy) is 2. The van der Waals surface area contributed by atoms with Gasteiger partial charge < -0.3 is 20.1 Å². The van der Waals surface area contributed by atoms with Gasteiger partial charge in [0.15, 0.2) is 5.96 Å². The number of rotatable bonds is 8. The van der Waals surface area contributed by atoms with Crippen LogP contribution in [0.2, 0.25) is 0 Å². The Bertz CT molecular complexity index is 789. The van der Waals surface area contributed by atoms with Crippen LogP contribution in [0.1, 0.15) is 25.3 Å². The number of benzene rings is 2. The maximum atomic E-state index is 5.98. The molecule has 1 heterocycles. The zero-order valence-electron chi connectivity index (χ0n) is 18.3. The molecule has 3 rings (SSSR count). The number of nitrogens with zero attached hydrogens (tertiary/aromatic N) is 2. The molecule has 0 amide bonds. The van der Waals surface area contributed by atoms with Crippen molar-refractivity contribution in [2.45, 2.75) is 38.5 Å². The van der Waals surface area contributed by atoms with Crippen LogP contribution < -0.4 is 20.1 Å². The summed E-state index contributed by atoms with van der Waals surface area (Å²) in [5, 5.41) is 6.95. The van der Waals surface area contributed by atoms with Crippen LogP contribution >= 0.6 is 0 Å². The normalized spacial score (nSPS) is 16.7. The summed E-state index contributed by atoms with van der Waals surface area (Å²) >= 11 is 0. The second-order valence-electron chi connectivity index (χ2n) is 7.74. The molecule has 162 valence electrons. The Morgan fingerprint density at radius 1 is 1.10 bits per heavy atom. The van der Waals surface area contributed by atoms with Crippen LogP contribution in [0.3, 0.4) is 0 Å². The number of likely N-dealkylation sites (tertiary alicyclic amines) is 1. The van der Waals surface area contributed by atoms with Gasteiger partial charge >= 0.3 is 0 Å². The van der Waals surface area contributed by atoms with Crippen molar-refractivity contribution in [1.29, 1.82) is 0 Å². The van der Waals surface area contributed by atoms with Crippen LogP contribution in [0.25, 0.3) is 0 Å². The average molecular weight is 411 g/mol. The van der Waals surface area contributed by atoms with Crippen molar-refractivity contribution >= 4 is 5.96 Å². The Hall–Kier alpha value is -2.73. The summed E-state index contributed by atoms with van der Waals surface area (Å²) in [6.45, 7) is 5.93. The van der Waals surface area contributed by atoms with Gasteiger partial charge in [0, 0.05) is 38.8 Å². The number of hydrogen-bond acceptors (Lipinski definition) is 4. The zero-order valence-corrected chi connectivity index (χ0v) is 18.3. The second kappa shape index (κ2) is 11.5. The largest absolute Gasteiger partial charge is 0.497 e. The van der Waals surface area contributed by atoms with E-state index in [1.807, 2.05) is 38.2 Å². The van der Waals surface area contributed by atoms with Crippen molar-refractivity contribution in [3.05, 3.63) is 60.2 Å². The zero-order chi connectivity index (χ0) is 21.2. The summed E-state index contributed by atoms with van der Waals surface area (Å²) < 4.78 is 11.2. The highest BCUT2D eigenvalue weighted by atomic mass is 16.5. The number of aliphatic imine (C=N–C) groups is 1. The fourth-order valence-electron chi connectivity index (χ4n) is 3.65. The minimum Gasteiger partial charge on any atom is -0.497 e. The van der Waals surface area contributed by atoms with Crippen molar-refractivity contribution in [2.75, 3.05) is 33.8 Å². The standard InChI is InChI=1S/C24H34N4O2/c1-19(30-23-11-7-10-22(16-23)29-3)17-26-24(25-2)27-21-12-14-28(15-13-21)18-20-8-5-4-6-9-20/h4-11,16,19,21H,12-15,17-18H2,1-3H3,(H2,25,26,27). The summed E-state index contributed by atoms with van der Waals surface area (Å²) in [6.07, 6.45) is 2.23. The quantitative estimate of drug-likeness (QED) is 0.517. The van der Waals surface area contributed by atoms with Crippen molar-refractivity contribution < 1.29 is 9.47 Å². The highest BCUT2D eigenvalue weighted by Gasteiger charge is 2.20. The lowest BCUT2D eigenvalue weighted by atomic mass is 10.0. The lowest BCUT2D eigenvalue weighted by Gasteiger charge is -2.33. The van der Waals surface area contributed by atoms with E-state index in [4.69, 9.17) is 9.47 Å². The smallest absolute Gasteiger partial charge is 0.191 e. The minimum atomic E-state index is 0.00313. The predicted molar refractivity (Wildman–Crippen MR) is 122 cm³/mol. The van der Waals surface area contributed by atoms with E-state index in [-0.39, 0.29) is 6.10 Å². The monoisotopic (exact) mass is 410 g/mol. The third-order valence-electron chi connectivity index (χ3n) is 5.34. The highest BCUT2D eigenvalue weighted by Crippen LogP contribution is 2.19. The summed E-state index contributed by atoms with van der Waals surface area (Å²) in [6, 6.07) is 18.8. The Morgan fingerprint density at radius 3 is 2.53 bits per heavy atom. The first-order valence-corrected chi connectivity index (χ1v) is 10.7. The molecular formula is C24H34N4O2. The molecular weight excluding hydrogens is 376 g/mol. The first kappa shape index (κ1) is 22.0. The number of piperidine rings is 1. The van der Waals surface area contributed by atoms with Crippen molar-refractivity contribution in [1.82, 2.24) is 15.5 Å². The first-order chi connectivity index (χ1) is 14.7. The molecule has 6 heteroatoms. The van der Waals surface area contributed by atoms with E-state index in [2.05, 4.69) is 50.9 Å². The van der Waals surface area contributed by atoms with Crippen LogP contribution in [0.5, 0.6) is 11.5 Å². The lowest BCUT2D eigenvalue weighted by molar-refractivity contribution is 0.197. The lowest BCUT2D eigenvalue weighted by Crippen LogP contribution is -2.49. The van der Waals surface area contributed by atoms with Gasteiger partial charge in [0.2, 0.25) is 0 Å². The molecule has 0 aromatic heterocycles. The third kappa shape index (κ3) is 6.95. The highest BCUT2D eigenvalue weighted by molar-refractivity contribution is 5.80. The SMILES string of the molecule is CN=C(NCC(C)Oc1cccc(OC)c1)NC1CCN(Cc2ccccc2)CC1. The van der Waals surface area contributed by atoms with E-state index in [0.717, 1.165) is 49.9 Å². The molecule has 2 N–H and O–H groups in total.